The van der Waals surface area contributed by atoms with Crippen LogP contribution in [0.3, 0.4) is 0 Å². The first-order valence-corrected chi connectivity index (χ1v) is 9.87. The fraction of sp³-hybridized carbons (Fsp3) is 0.478. The maximum atomic E-state index is 13.2. The third kappa shape index (κ3) is 2.39. The van der Waals surface area contributed by atoms with Crippen molar-refractivity contribution >= 4 is 12.6 Å². The molecule has 0 aromatic heterocycles. The lowest BCUT2D eigenvalue weighted by molar-refractivity contribution is -0.0693. The molecular weight excluding hydrogens is 338 g/mol. The number of hydrogen-bond acceptors (Lipinski definition) is 2. The van der Waals surface area contributed by atoms with Crippen LogP contribution in [0, 0.1) is 5.82 Å². The molecule has 2 bridgehead atoms. The molecule has 3 aliphatic carbocycles. The maximum Gasteiger partial charge on any atom is 0.494 e. The Balaban J connectivity index is 1.30. The smallest absolute Gasteiger partial charge is 0.399 e. The monoisotopic (exact) mass is 364 g/mol. The Morgan fingerprint density at radius 1 is 0.704 bits per heavy atom. The molecule has 2 aromatic rings. The molecule has 0 unspecified atom stereocenters. The Kier molecular flexibility index (Phi) is 3.39. The minimum atomic E-state index is -0.314. The predicted molar refractivity (Wildman–Crippen MR) is 106 cm³/mol. The summed E-state index contributed by atoms with van der Waals surface area (Å²) in [5, 5.41) is 0. The molecule has 0 N–H and O–H groups in total. The van der Waals surface area contributed by atoms with Gasteiger partial charge in [-0.3, -0.25) is 0 Å². The van der Waals surface area contributed by atoms with E-state index < -0.39 is 0 Å². The van der Waals surface area contributed by atoms with Crippen LogP contribution >= 0.6 is 0 Å². The Bertz CT molecular complexity index is 850. The van der Waals surface area contributed by atoms with Gasteiger partial charge in [-0.25, -0.2) is 4.39 Å². The van der Waals surface area contributed by atoms with Gasteiger partial charge in [0.1, 0.15) is 5.82 Å². The highest BCUT2D eigenvalue weighted by molar-refractivity contribution is 6.62. The van der Waals surface area contributed by atoms with Crippen molar-refractivity contribution in [3.05, 3.63) is 65.5 Å². The molecule has 1 aliphatic heterocycles. The summed E-state index contributed by atoms with van der Waals surface area (Å²) >= 11 is 0. The molecule has 4 fully saturated rings. The van der Waals surface area contributed by atoms with Gasteiger partial charge in [-0.15, -0.1) is 0 Å². The van der Waals surface area contributed by atoms with E-state index in [1.165, 1.54) is 30.4 Å². The molecule has 1 heterocycles. The molecule has 4 aliphatic rings. The molecule has 27 heavy (non-hydrogen) atoms. The van der Waals surface area contributed by atoms with Crippen LogP contribution in [-0.2, 0) is 20.1 Å². The van der Waals surface area contributed by atoms with Crippen LogP contribution < -0.4 is 5.46 Å². The number of benzene rings is 2. The van der Waals surface area contributed by atoms with Crippen molar-refractivity contribution in [2.45, 2.75) is 69.0 Å². The summed E-state index contributed by atoms with van der Waals surface area (Å²) in [5.41, 5.74) is 3.74. The van der Waals surface area contributed by atoms with Crippen molar-refractivity contribution in [1.29, 1.82) is 0 Å². The van der Waals surface area contributed by atoms with Gasteiger partial charge < -0.3 is 9.31 Å². The largest absolute Gasteiger partial charge is 0.494 e. The summed E-state index contributed by atoms with van der Waals surface area (Å²) < 4.78 is 25.5. The maximum absolute atomic E-state index is 13.2. The van der Waals surface area contributed by atoms with Gasteiger partial charge in [0, 0.05) is 0 Å². The Labute approximate surface area is 161 Å². The summed E-state index contributed by atoms with van der Waals surface area (Å²) in [5.74, 6) is -0.154. The SMILES string of the molecule is CC1(C)OB(c2ccc(C34CC(c5ccc(F)cc5)(C3)C4)cc2)OC1(C)C. The number of halogens is 1. The van der Waals surface area contributed by atoms with Crippen LogP contribution in [0.4, 0.5) is 4.39 Å². The van der Waals surface area contributed by atoms with Crippen LogP contribution in [0.15, 0.2) is 48.5 Å². The van der Waals surface area contributed by atoms with E-state index in [0.717, 1.165) is 5.46 Å². The second kappa shape index (κ2) is 5.24. The van der Waals surface area contributed by atoms with Crippen molar-refractivity contribution in [3.8, 4) is 0 Å². The summed E-state index contributed by atoms with van der Waals surface area (Å²) in [6.07, 6.45) is 3.50. The third-order valence-corrected chi connectivity index (χ3v) is 7.54. The van der Waals surface area contributed by atoms with E-state index in [1.54, 1.807) is 12.1 Å². The third-order valence-electron chi connectivity index (χ3n) is 7.54. The van der Waals surface area contributed by atoms with E-state index in [0.29, 0.717) is 5.41 Å². The molecule has 1 saturated heterocycles. The summed E-state index contributed by atoms with van der Waals surface area (Å²) in [6, 6.07) is 15.9. The molecular formula is C23H26BFO2. The van der Waals surface area contributed by atoms with E-state index >= 15 is 0 Å². The van der Waals surface area contributed by atoms with Gasteiger partial charge >= 0.3 is 7.12 Å². The summed E-state index contributed by atoms with van der Waals surface area (Å²) in [4.78, 5) is 0. The Morgan fingerprint density at radius 3 is 1.56 bits per heavy atom. The van der Waals surface area contributed by atoms with Crippen LogP contribution in [-0.4, -0.2) is 18.3 Å². The van der Waals surface area contributed by atoms with Crippen LogP contribution in [0.2, 0.25) is 0 Å². The Morgan fingerprint density at radius 2 is 1.11 bits per heavy atom. The second-order valence-electron chi connectivity index (χ2n) is 9.81. The van der Waals surface area contributed by atoms with E-state index in [4.69, 9.17) is 9.31 Å². The Hall–Kier alpha value is -1.65. The minimum Gasteiger partial charge on any atom is -0.399 e. The molecule has 2 aromatic carbocycles. The second-order valence-corrected chi connectivity index (χ2v) is 9.81. The van der Waals surface area contributed by atoms with Crippen molar-refractivity contribution in [1.82, 2.24) is 0 Å². The lowest BCUT2D eigenvalue weighted by Gasteiger charge is -2.71. The predicted octanol–water partition coefficient (Wildman–Crippen LogP) is 4.50. The molecule has 4 heteroatoms. The van der Waals surface area contributed by atoms with Crippen molar-refractivity contribution in [3.63, 3.8) is 0 Å². The van der Waals surface area contributed by atoms with Crippen molar-refractivity contribution in [2.75, 3.05) is 0 Å². The average Bonchev–Trinajstić information content (AvgIpc) is 2.75. The molecule has 3 saturated carbocycles. The summed E-state index contributed by atoms with van der Waals surface area (Å²) in [7, 11) is -0.303. The van der Waals surface area contributed by atoms with Gasteiger partial charge in [-0.1, -0.05) is 36.4 Å². The van der Waals surface area contributed by atoms with Gasteiger partial charge in [0.2, 0.25) is 0 Å². The highest BCUT2D eigenvalue weighted by atomic mass is 19.1. The highest BCUT2D eigenvalue weighted by Crippen LogP contribution is 2.73. The van der Waals surface area contributed by atoms with E-state index in [-0.39, 0.29) is 29.6 Å². The van der Waals surface area contributed by atoms with Crippen LogP contribution in [0.5, 0.6) is 0 Å². The van der Waals surface area contributed by atoms with Gasteiger partial charge in [0.25, 0.3) is 0 Å². The number of hydrogen-bond donors (Lipinski definition) is 0. The van der Waals surface area contributed by atoms with E-state index in [2.05, 4.69) is 52.0 Å². The van der Waals surface area contributed by atoms with Crippen LogP contribution in [0.1, 0.15) is 58.1 Å². The zero-order valence-electron chi connectivity index (χ0n) is 16.5. The van der Waals surface area contributed by atoms with E-state index in [9.17, 15) is 4.39 Å². The molecule has 0 atom stereocenters. The quantitative estimate of drug-likeness (QED) is 0.747. The minimum absolute atomic E-state index is 0.154. The van der Waals surface area contributed by atoms with Gasteiger partial charge in [0.15, 0.2) is 0 Å². The lowest BCUT2D eigenvalue weighted by Crippen LogP contribution is -2.67. The first-order chi connectivity index (χ1) is 12.6. The molecule has 0 spiro atoms. The fourth-order valence-electron chi connectivity index (χ4n) is 5.18. The van der Waals surface area contributed by atoms with Gasteiger partial charge in [-0.2, -0.15) is 0 Å². The number of rotatable bonds is 3. The standard InChI is InChI=1S/C23H26BFO2/c1-20(2)21(3,4)27-24(26-20)18-9-5-16(6-10-18)22-13-23(14-22,15-22)17-7-11-19(25)12-8-17/h5-12H,13-15H2,1-4H3. The molecule has 140 valence electrons. The summed E-state index contributed by atoms with van der Waals surface area (Å²) in [6.45, 7) is 8.33. The first-order valence-electron chi connectivity index (χ1n) is 9.87. The van der Waals surface area contributed by atoms with E-state index in [1.807, 2.05) is 12.1 Å². The lowest BCUT2D eigenvalue weighted by atomic mass is 9.32. The molecule has 6 rings (SSSR count). The first kappa shape index (κ1) is 17.5. The fourth-order valence-corrected chi connectivity index (χ4v) is 5.18. The topological polar surface area (TPSA) is 18.5 Å². The van der Waals surface area contributed by atoms with Gasteiger partial charge in [-0.05, 0) is 86.5 Å². The zero-order valence-corrected chi connectivity index (χ0v) is 16.5. The zero-order chi connectivity index (χ0) is 19.1. The van der Waals surface area contributed by atoms with Crippen molar-refractivity contribution < 1.29 is 13.7 Å². The highest BCUT2D eigenvalue weighted by Gasteiger charge is 2.68. The molecule has 2 nitrogen and oxygen atoms in total. The van der Waals surface area contributed by atoms with Gasteiger partial charge in [0.05, 0.1) is 11.2 Å². The normalized spacial score (nSPS) is 32.7. The average molecular weight is 364 g/mol. The van der Waals surface area contributed by atoms with Crippen molar-refractivity contribution in [2.24, 2.45) is 0 Å². The van der Waals surface area contributed by atoms with Crippen LogP contribution in [0.25, 0.3) is 0 Å². The molecule has 0 radical (unpaired) electrons. The molecule has 0 amide bonds.